The number of carbonyl (C=O) groups is 2. The van der Waals surface area contributed by atoms with Gasteiger partial charge < -0.3 is 19.5 Å². The largest absolute Gasteiger partial charge is 0.444 e. The summed E-state index contributed by atoms with van der Waals surface area (Å²) in [4.78, 5) is 28.7. The highest BCUT2D eigenvalue weighted by Crippen LogP contribution is 2.24. The van der Waals surface area contributed by atoms with Crippen LogP contribution in [0, 0.1) is 0 Å². The number of halogens is 2. The lowest BCUT2D eigenvalue weighted by atomic mass is 10.1. The lowest BCUT2D eigenvalue weighted by Crippen LogP contribution is -2.46. The molecule has 1 aliphatic rings. The van der Waals surface area contributed by atoms with E-state index >= 15 is 0 Å². The fourth-order valence-corrected chi connectivity index (χ4v) is 3.00. The maximum Gasteiger partial charge on any atom is 0.293 e. The number of nitrogens with zero attached hydrogens (tertiary/aromatic N) is 2. The molecule has 0 bridgehead atoms. The van der Waals surface area contributed by atoms with Crippen LogP contribution in [-0.4, -0.2) is 49.9 Å². The second-order valence-corrected chi connectivity index (χ2v) is 6.31. The van der Waals surface area contributed by atoms with Crippen LogP contribution < -0.4 is 10.2 Å². The summed E-state index contributed by atoms with van der Waals surface area (Å²) in [7, 11) is 1.64. The van der Waals surface area contributed by atoms with Crippen LogP contribution in [0.3, 0.4) is 0 Å². The molecule has 3 rings (SSSR count). The number of benzene rings is 1. The monoisotopic (exact) mass is 427 g/mol. The Labute approximate surface area is 160 Å². The summed E-state index contributed by atoms with van der Waals surface area (Å²) in [6.07, 6.45) is 0. The van der Waals surface area contributed by atoms with Crippen LogP contribution in [0.15, 0.2) is 45.5 Å². The number of amides is 2. The molecular weight excluding hydrogens is 410 g/mol. The van der Waals surface area contributed by atoms with Gasteiger partial charge in [-0.25, -0.2) is 0 Å². The zero-order chi connectivity index (χ0) is 17.1. The van der Waals surface area contributed by atoms with Crippen LogP contribution in [0.1, 0.15) is 20.9 Å². The molecule has 0 aliphatic carbocycles. The molecule has 25 heavy (non-hydrogen) atoms. The molecule has 0 atom stereocenters. The van der Waals surface area contributed by atoms with Gasteiger partial charge in [-0.05, 0) is 40.2 Å². The second kappa shape index (κ2) is 8.51. The van der Waals surface area contributed by atoms with E-state index in [1.807, 2.05) is 6.07 Å². The van der Waals surface area contributed by atoms with E-state index in [4.69, 9.17) is 4.42 Å². The summed E-state index contributed by atoms with van der Waals surface area (Å²) in [5.74, 6) is -0.151. The van der Waals surface area contributed by atoms with Crippen molar-refractivity contribution >= 4 is 45.8 Å². The van der Waals surface area contributed by atoms with E-state index in [0.717, 1.165) is 13.1 Å². The van der Waals surface area contributed by atoms with Crippen molar-refractivity contribution in [3.05, 3.63) is 52.4 Å². The third-order valence-electron chi connectivity index (χ3n) is 3.99. The van der Waals surface area contributed by atoms with Crippen LogP contribution in [0.2, 0.25) is 0 Å². The number of nitrogens with one attached hydrogen (secondary N) is 1. The highest BCUT2D eigenvalue weighted by atomic mass is 79.9. The lowest BCUT2D eigenvalue weighted by Gasteiger charge is -2.29. The number of furan rings is 1. The molecule has 0 spiro atoms. The van der Waals surface area contributed by atoms with Crippen LogP contribution in [0.4, 0.5) is 5.69 Å². The van der Waals surface area contributed by atoms with Crippen molar-refractivity contribution in [2.24, 2.45) is 0 Å². The lowest BCUT2D eigenvalue weighted by molar-refractivity contribution is 0.0736. The minimum atomic E-state index is -0.304. The molecule has 1 aliphatic heterocycles. The first-order valence-electron chi connectivity index (χ1n) is 7.70. The first-order valence-corrected chi connectivity index (χ1v) is 8.49. The molecule has 1 aromatic carbocycles. The van der Waals surface area contributed by atoms with Crippen molar-refractivity contribution in [1.82, 2.24) is 10.2 Å². The number of carbonyl (C=O) groups excluding carboxylic acids is 2. The van der Waals surface area contributed by atoms with Gasteiger partial charge in [0.15, 0.2) is 10.4 Å². The van der Waals surface area contributed by atoms with E-state index < -0.39 is 0 Å². The fourth-order valence-electron chi connectivity index (χ4n) is 2.69. The van der Waals surface area contributed by atoms with Gasteiger partial charge in [0.25, 0.3) is 11.8 Å². The predicted molar refractivity (Wildman–Crippen MR) is 102 cm³/mol. The molecule has 0 unspecified atom stereocenters. The van der Waals surface area contributed by atoms with Crippen molar-refractivity contribution in [2.45, 2.75) is 0 Å². The van der Waals surface area contributed by atoms with Gasteiger partial charge >= 0.3 is 0 Å². The quantitative estimate of drug-likeness (QED) is 0.816. The van der Waals surface area contributed by atoms with E-state index in [1.165, 1.54) is 4.90 Å². The zero-order valence-corrected chi connectivity index (χ0v) is 16.1. The van der Waals surface area contributed by atoms with Crippen molar-refractivity contribution in [2.75, 3.05) is 38.1 Å². The van der Waals surface area contributed by atoms with Gasteiger partial charge in [-0.15, -0.1) is 12.4 Å². The number of piperazine rings is 1. The van der Waals surface area contributed by atoms with Gasteiger partial charge in [0, 0.05) is 33.2 Å². The van der Waals surface area contributed by atoms with E-state index in [0.29, 0.717) is 29.0 Å². The van der Waals surface area contributed by atoms with Gasteiger partial charge in [0.1, 0.15) is 0 Å². The van der Waals surface area contributed by atoms with Crippen molar-refractivity contribution in [1.29, 1.82) is 0 Å². The molecule has 6 nitrogen and oxygen atoms in total. The molecular formula is C17H19BrClN3O3. The van der Waals surface area contributed by atoms with Crippen molar-refractivity contribution in [3.63, 3.8) is 0 Å². The zero-order valence-electron chi connectivity index (χ0n) is 13.7. The first kappa shape index (κ1) is 19.5. The van der Waals surface area contributed by atoms with Crippen LogP contribution in [0.5, 0.6) is 0 Å². The summed E-state index contributed by atoms with van der Waals surface area (Å²) < 4.78 is 5.82. The number of hydrogen-bond acceptors (Lipinski definition) is 4. The SMILES string of the molecule is CN(C(=O)c1ccc(Br)o1)c1ccccc1C(=O)N1CCNCC1.Cl. The Balaban J connectivity index is 0.00000225. The number of rotatable bonds is 3. The predicted octanol–water partition coefficient (Wildman–Crippen LogP) is 2.79. The summed E-state index contributed by atoms with van der Waals surface area (Å²) in [5.41, 5.74) is 1.08. The molecule has 2 heterocycles. The average Bonchev–Trinajstić information content (AvgIpc) is 3.07. The summed E-state index contributed by atoms with van der Waals surface area (Å²) in [6, 6.07) is 10.4. The molecule has 1 N–H and O–H groups in total. The molecule has 0 saturated carbocycles. The van der Waals surface area contributed by atoms with Gasteiger partial charge in [0.05, 0.1) is 11.3 Å². The van der Waals surface area contributed by atoms with Crippen molar-refractivity contribution < 1.29 is 14.0 Å². The van der Waals surface area contributed by atoms with Crippen LogP contribution in [-0.2, 0) is 0 Å². The summed E-state index contributed by atoms with van der Waals surface area (Å²) in [6.45, 7) is 2.89. The highest BCUT2D eigenvalue weighted by Gasteiger charge is 2.25. The molecule has 134 valence electrons. The topological polar surface area (TPSA) is 65.8 Å². The average molecular weight is 429 g/mol. The standard InChI is InChI=1S/C17H18BrN3O3.ClH/c1-20(17(23)14-6-7-15(18)24-14)13-5-3-2-4-12(13)16(22)21-10-8-19-9-11-21;/h2-7,19H,8-11H2,1H3;1H. The molecule has 8 heteroatoms. The maximum atomic E-state index is 12.8. The van der Waals surface area contributed by atoms with Gasteiger partial charge in [-0.3, -0.25) is 9.59 Å². The maximum absolute atomic E-state index is 12.8. The Kier molecular flexibility index (Phi) is 6.64. The molecule has 1 aromatic heterocycles. The Morgan fingerprint density at radius 3 is 2.48 bits per heavy atom. The van der Waals surface area contributed by atoms with Gasteiger partial charge in [0.2, 0.25) is 0 Å². The third kappa shape index (κ3) is 4.23. The van der Waals surface area contributed by atoms with Crippen molar-refractivity contribution in [3.8, 4) is 0 Å². The Hall–Kier alpha value is -1.83. The van der Waals surface area contributed by atoms with E-state index in [1.54, 1.807) is 42.3 Å². The number of anilines is 1. The highest BCUT2D eigenvalue weighted by molar-refractivity contribution is 9.10. The summed E-state index contributed by atoms with van der Waals surface area (Å²) in [5, 5.41) is 3.23. The molecule has 2 amide bonds. The molecule has 1 fully saturated rings. The van der Waals surface area contributed by atoms with Crippen LogP contribution in [0.25, 0.3) is 0 Å². The first-order chi connectivity index (χ1) is 11.6. The minimum Gasteiger partial charge on any atom is -0.444 e. The fraction of sp³-hybridized carbons (Fsp3) is 0.294. The minimum absolute atomic E-state index is 0. The van der Waals surface area contributed by atoms with Gasteiger partial charge in [-0.2, -0.15) is 0 Å². The summed E-state index contributed by atoms with van der Waals surface area (Å²) >= 11 is 3.19. The molecule has 0 radical (unpaired) electrons. The van der Waals surface area contributed by atoms with E-state index in [-0.39, 0.29) is 30.0 Å². The molecule has 1 saturated heterocycles. The Morgan fingerprint density at radius 2 is 1.84 bits per heavy atom. The molecule has 2 aromatic rings. The number of hydrogen-bond donors (Lipinski definition) is 1. The third-order valence-corrected chi connectivity index (χ3v) is 4.41. The number of para-hydroxylation sites is 1. The Morgan fingerprint density at radius 1 is 1.16 bits per heavy atom. The van der Waals surface area contributed by atoms with E-state index in [2.05, 4.69) is 21.2 Å². The normalized spacial score (nSPS) is 13.9. The second-order valence-electron chi connectivity index (χ2n) is 5.53. The smallest absolute Gasteiger partial charge is 0.293 e. The van der Waals surface area contributed by atoms with Gasteiger partial charge in [-0.1, -0.05) is 12.1 Å². The van der Waals surface area contributed by atoms with Crippen LogP contribution >= 0.6 is 28.3 Å². The van der Waals surface area contributed by atoms with E-state index in [9.17, 15) is 9.59 Å². The Bertz CT molecular complexity index is 759.